The predicted octanol–water partition coefficient (Wildman–Crippen LogP) is 4.76. The standard InChI is InChI=1S/C16H15BrN2S/c1-2-18-15(16-13(17)7-8-20-16)12-9-11-5-3-4-6-14(11)19-10-12/h3-10,15,18H,2H2,1H3. The predicted molar refractivity (Wildman–Crippen MR) is 89.3 cm³/mol. The Labute approximate surface area is 131 Å². The van der Waals surface area contributed by atoms with Crippen LogP contribution in [0.1, 0.15) is 23.4 Å². The zero-order chi connectivity index (χ0) is 13.9. The second-order valence-corrected chi connectivity index (χ2v) is 6.39. The van der Waals surface area contributed by atoms with E-state index in [0.717, 1.165) is 16.5 Å². The van der Waals surface area contributed by atoms with Crippen LogP contribution in [0.5, 0.6) is 0 Å². The Hall–Kier alpha value is -1.23. The SMILES string of the molecule is CCNC(c1cnc2ccccc2c1)c1sccc1Br. The molecule has 0 aliphatic heterocycles. The van der Waals surface area contributed by atoms with E-state index in [1.54, 1.807) is 11.3 Å². The lowest BCUT2D eigenvalue weighted by Gasteiger charge is -2.18. The number of pyridine rings is 1. The van der Waals surface area contributed by atoms with Gasteiger partial charge < -0.3 is 5.32 Å². The lowest BCUT2D eigenvalue weighted by atomic mass is 10.0. The van der Waals surface area contributed by atoms with Crippen LogP contribution in [-0.2, 0) is 0 Å². The van der Waals surface area contributed by atoms with Gasteiger partial charge in [0.1, 0.15) is 0 Å². The van der Waals surface area contributed by atoms with Crippen molar-refractivity contribution in [1.82, 2.24) is 10.3 Å². The van der Waals surface area contributed by atoms with E-state index in [2.05, 4.69) is 62.8 Å². The van der Waals surface area contributed by atoms with Crippen LogP contribution in [0, 0.1) is 0 Å². The summed E-state index contributed by atoms with van der Waals surface area (Å²) in [5.74, 6) is 0. The minimum absolute atomic E-state index is 0.187. The summed E-state index contributed by atoms with van der Waals surface area (Å²) < 4.78 is 1.15. The molecule has 0 amide bonds. The fraction of sp³-hybridized carbons (Fsp3) is 0.188. The van der Waals surface area contributed by atoms with Crippen molar-refractivity contribution in [2.24, 2.45) is 0 Å². The number of aromatic nitrogens is 1. The maximum absolute atomic E-state index is 4.57. The maximum atomic E-state index is 4.57. The van der Waals surface area contributed by atoms with E-state index in [9.17, 15) is 0 Å². The van der Waals surface area contributed by atoms with Gasteiger partial charge in [0.05, 0.1) is 11.6 Å². The van der Waals surface area contributed by atoms with Crippen LogP contribution in [0.3, 0.4) is 0 Å². The van der Waals surface area contributed by atoms with Crippen molar-refractivity contribution in [2.45, 2.75) is 13.0 Å². The smallest absolute Gasteiger partial charge is 0.0702 e. The van der Waals surface area contributed by atoms with E-state index in [4.69, 9.17) is 0 Å². The van der Waals surface area contributed by atoms with E-state index in [0.29, 0.717) is 0 Å². The van der Waals surface area contributed by atoms with Crippen LogP contribution in [-0.4, -0.2) is 11.5 Å². The molecule has 1 unspecified atom stereocenters. The molecule has 3 rings (SSSR count). The Bertz CT molecular complexity index is 723. The van der Waals surface area contributed by atoms with Crippen LogP contribution in [0.2, 0.25) is 0 Å². The van der Waals surface area contributed by atoms with E-state index in [-0.39, 0.29) is 6.04 Å². The number of fused-ring (bicyclic) bond motifs is 1. The lowest BCUT2D eigenvalue weighted by molar-refractivity contribution is 0.637. The van der Waals surface area contributed by atoms with Gasteiger partial charge in [0.15, 0.2) is 0 Å². The van der Waals surface area contributed by atoms with Gasteiger partial charge in [-0.25, -0.2) is 0 Å². The molecule has 0 saturated heterocycles. The molecular formula is C16H15BrN2S. The van der Waals surface area contributed by atoms with Crippen molar-refractivity contribution >= 4 is 38.2 Å². The van der Waals surface area contributed by atoms with Crippen molar-refractivity contribution in [3.8, 4) is 0 Å². The van der Waals surface area contributed by atoms with Crippen LogP contribution in [0.25, 0.3) is 10.9 Å². The average molecular weight is 347 g/mol. The first-order valence-electron chi connectivity index (χ1n) is 6.60. The van der Waals surface area contributed by atoms with Gasteiger partial charge in [-0.15, -0.1) is 11.3 Å². The molecule has 0 aliphatic carbocycles. The van der Waals surface area contributed by atoms with E-state index < -0.39 is 0 Å². The van der Waals surface area contributed by atoms with Gasteiger partial charge in [0.2, 0.25) is 0 Å². The molecule has 0 radical (unpaired) electrons. The number of nitrogens with one attached hydrogen (secondary N) is 1. The summed E-state index contributed by atoms with van der Waals surface area (Å²) >= 11 is 5.39. The van der Waals surface area contributed by atoms with Gasteiger partial charge in [-0.1, -0.05) is 25.1 Å². The highest BCUT2D eigenvalue weighted by atomic mass is 79.9. The second-order valence-electron chi connectivity index (χ2n) is 4.58. The largest absolute Gasteiger partial charge is 0.306 e. The molecule has 102 valence electrons. The second kappa shape index (κ2) is 6.04. The van der Waals surface area contributed by atoms with Crippen molar-refractivity contribution in [2.75, 3.05) is 6.54 Å². The Kier molecular flexibility index (Phi) is 4.15. The zero-order valence-corrected chi connectivity index (χ0v) is 13.5. The molecule has 2 heterocycles. The molecule has 1 aromatic carbocycles. The molecule has 2 nitrogen and oxygen atoms in total. The highest BCUT2D eigenvalue weighted by molar-refractivity contribution is 9.10. The number of para-hydroxylation sites is 1. The van der Waals surface area contributed by atoms with Crippen molar-refractivity contribution < 1.29 is 0 Å². The Morgan fingerprint density at radius 2 is 2.15 bits per heavy atom. The fourth-order valence-corrected chi connectivity index (χ4v) is 4.03. The molecule has 3 aromatic rings. The monoisotopic (exact) mass is 346 g/mol. The summed E-state index contributed by atoms with van der Waals surface area (Å²) in [6.07, 6.45) is 1.97. The van der Waals surface area contributed by atoms with E-state index in [1.165, 1.54) is 15.8 Å². The van der Waals surface area contributed by atoms with Gasteiger partial charge >= 0.3 is 0 Å². The molecule has 1 atom stereocenters. The number of nitrogens with zero attached hydrogens (tertiary/aromatic N) is 1. The van der Waals surface area contributed by atoms with Crippen LogP contribution < -0.4 is 5.32 Å². The Morgan fingerprint density at radius 3 is 2.90 bits per heavy atom. The molecular weight excluding hydrogens is 332 g/mol. The third-order valence-electron chi connectivity index (χ3n) is 3.26. The van der Waals surface area contributed by atoms with Crippen LogP contribution in [0.4, 0.5) is 0 Å². The fourth-order valence-electron chi connectivity index (χ4n) is 2.32. The third kappa shape index (κ3) is 2.64. The van der Waals surface area contributed by atoms with Crippen molar-refractivity contribution in [1.29, 1.82) is 0 Å². The summed E-state index contributed by atoms with van der Waals surface area (Å²) in [5, 5.41) is 6.84. The van der Waals surface area contributed by atoms with Gasteiger partial charge in [-0.05, 0) is 51.6 Å². The van der Waals surface area contributed by atoms with Gasteiger partial charge in [0, 0.05) is 20.9 Å². The quantitative estimate of drug-likeness (QED) is 0.736. The van der Waals surface area contributed by atoms with Gasteiger partial charge in [-0.2, -0.15) is 0 Å². The summed E-state index contributed by atoms with van der Waals surface area (Å²) in [7, 11) is 0. The summed E-state index contributed by atoms with van der Waals surface area (Å²) in [6, 6.07) is 12.7. The summed E-state index contributed by atoms with van der Waals surface area (Å²) in [6.45, 7) is 3.05. The molecule has 4 heteroatoms. The van der Waals surface area contributed by atoms with Crippen molar-refractivity contribution in [3.05, 3.63) is 62.9 Å². The van der Waals surface area contributed by atoms with Crippen LogP contribution in [0.15, 0.2) is 52.4 Å². The molecule has 0 aliphatic rings. The van der Waals surface area contributed by atoms with Gasteiger partial charge in [0.25, 0.3) is 0 Å². The first kappa shape index (κ1) is 13.7. The zero-order valence-electron chi connectivity index (χ0n) is 11.1. The minimum atomic E-state index is 0.187. The number of hydrogen-bond acceptors (Lipinski definition) is 3. The number of halogens is 1. The number of hydrogen-bond donors (Lipinski definition) is 1. The highest BCUT2D eigenvalue weighted by Crippen LogP contribution is 2.33. The summed E-state index contributed by atoms with van der Waals surface area (Å²) in [5.41, 5.74) is 2.24. The topological polar surface area (TPSA) is 24.9 Å². The van der Waals surface area contributed by atoms with E-state index in [1.807, 2.05) is 18.3 Å². The Balaban J connectivity index is 2.07. The maximum Gasteiger partial charge on any atom is 0.0702 e. The number of benzene rings is 1. The molecule has 0 bridgehead atoms. The number of thiophene rings is 1. The number of rotatable bonds is 4. The molecule has 2 aromatic heterocycles. The molecule has 0 spiro atoms. The third-order valence-corrected chi connectivity index (χ3v) is 5.20. The first-order valence-corrected chi connectivity index (χ1v) is 8.28. The minimum Gasteiger partial charge on any atom is -0.306 e. The van der Waals surface area contributed by atoms with Crippen LogP contribution >= 0.6 is 27.3 Å². The first-order chi connectivity index (χ1) is 9.79. The van der Waals surface area contributed by atoms with E-state index >= 15 is 0 Å². The van der Waals surface area contributed by atoms with Gasteiger partial charge in [-0.3, -0.25) is 4.98 Å². The normalized spacial score (nSPS) is 12.7. The lowest BCUT2D eigenvalue weighted by Crippen LogP contribution is -2.21. The Morgan fingerprint density at radius 1 is 1.30 bits per heavy atom. The molecule has 0 saturated carbocycles. The molecule has 1 N–H and O–H groups in total. The highest BCUT2D eigenvalue weighted by Gasteiger charge is 2.17. The van der Waals surface area contributed by atoms with Crippen molar-refractivity contribution in [3.63, 3.8) is 0 Å². The molecule has 20 heavy (non-hydrogen) atoms. The molecule has 0 fully saturated rings. The average Bonchev–Trinajstić information content (AvgIpc) is 2.90. The summed E-state index contributed by atoms with van der Waals surface area (Å²) in [4.78, 5) is 5.87.